The SMILES string of the molecule is Cc1scc(F)c1C1=[N+](C)C(C)(C)CO1.[I-]. The zero-order chi connectivity index (χ0) is 11.2. The third-order valence-electron chi connectivity index (χ3n) is 2.92. The lowest BCUT2D eigenvalue weighted by atomic mass is 10.1. The molecule has 1 aromatic rings. The van der Waals surface area contributed by atoms with Crippen LogP contribution in [-0.2, 0) is 4.74 Å². The average Bonchev–Trinajstić information content (AvgIpc) is 2.59. The maximum atomic E-state index is 13.6. The number of halogens is 2. The van der Waals surface area contributed by atoms with Gasteiger partial charge in [0.15, 0.2) is 18.0 Å². The van der Waals surface area contributed by atoms with Crippen LogP contribution in [0.2, 0.25) is 0 Å². The van der Waals surface area contributed by atoms with Crippen molar-refractivity contribution < 1.29 is 37.7 Å². The lowest BCUT2D eigenvalue weighted by Gasteiger charge is -2.09. The van der Waals surface area contributed by atoms with Crippen molar-refractivity contribution in [1.29, 1.82) is 0 Å². The fourth-order valence-electron chi connectivity index (χ4n) is 1.63. The highest BCUT2D eigenvalue weighted by Gasteiger charge is 2.42. The predicted octanol–water partition coefficient (Wildman–Crippen LogP) is -0.603. The normalized spacial score (nSPS) is 18.3. The van der Waals surface area contributed by atoms with Gasteiger partial charge in [-0.1, -0.05) is 0 Å². The van der Waals surface area contributed by atoms with Crippen molar-refractivity contribution in [3.63, 3.8) is 0 Å². The molecule has 0 aromatic carbocycles. The molecule has 2 nitrogen and oxygen atoms in total. The summed E-state index contributed by atoms with van der Waals surface area (Å²) in [4.78, 5) is 0.965. The monoisotopic (exact) mass is 355 g/mol. The minimum absolute atomic E-state index is 0. The van der Waals surface area contributed by atoms with Crippen LogP contribution in [0.25, 0.3) is 0 Å². The number of rotatable bonds is 1. The molecule has 90 valence electrons. The van der Waals surface area contributed by atoms with Crippen LogP contribution < -0.4 is 24.0 Å². The van der Waals surface area contributed by atoms with Gasteiger partial charge >= 0.3 is 5.90 Å². The molecule has 0 amide bonds. The second-order valence-corrected chi connectivity index (χ2v) is 5.56. The van der Waals surface area contributed by atoms with E-state index in [9.17, 15) is 4.39 Å². The quantitative estimate of drug-likeness (QED) is 0.484. The zero-order valence-corrected chi connectivity index (χ0v) is 12.8. The van der Waals surface area contributed by atoms with Crippen LogP contribution in [0, 0.1) is 12.7 Å². The second-order valence-electron chi connectivity index (χ2n) is 4.48. The first-order valence-electron chi connectivity index (χ1n) is 4.91. The summed E-state index contributed by atoms with van der Waals surface area (Å²) < 4.78 is 21.2. The van der Waals surface area contributed by atoms with Gasteiger partial charge in [-0.2, -0.15) is 4.58 Å². The molecule has 0 fully saturated rings. The van der Waals surface area contributed by atoms with Gasteiger partial charge in [-0.3, -0.25) is 0 Å². The maximum Gasteiger partial charge on any atom is 0.374 e. The summed E-state index contributed by atoms with van der Waals surface area (Å²) in [5.41, 5.74) is 0.559. The molecular formula is C11H15FINOS. The molecule has 0 atom stereocenters. The van der Waals surface area contributed by atoms with Gasteiger partial charge in [0, 0.05) is 24.1 Å². The van der Waals surface area contributed by atoms with Crippen LogP contribution >= 0.6 is 11.3 Å². The van der Waals surface area contributed by atoms with E-state index < -0.39 is 0 Å². The van der Waals surface area contributed by atoms with E-state index in [0.717, 1.165) is 4.88 Å². The number of likely N-dealkylation sites (N-methyl/N-ethyl adjacent to an activating group) is 1. The summed E-state index contributed by atoms with van der Waals surface area (Å²) in [6.07, 6.45) is 0. The highest BCUT2D eigenvalue weighted by atomic mass is 127. The molecule has 1 aliphatic rings. The Labute approximate surface area is 116 Å². The Morgan fingerprint density at radius 3 is 2.50 bits per heavy atom. The summed E-state index contributed by atoms with van der Waals surface area (Å²) in [5, 5.41) is 1.53. The average molecular weight is 355 g/mol. The van der Waals surface area contributed by atoms with Crippen LogP contribution in [0.4, 0.5) is 4.39 Å². The van der Waals surface area contributed by atoms with E-state index in [0.29, 0.717) is 18.1 Å². The van der Waals surface area contributed by atoms with Crippen molar-refractivity contribution in [3.05, 3.63) is 21.6 Å². The predicted molar refractivity (Wildman–Crippen MR) is 59.3 cm³/mol. The molecule has 1 aromatic heterocycles. The molecule has 0 saturated carbocycles. The number of aryl methyl sites for hydroxylation is 1. The lowest BCUT2D eigenvalue weighted by Crippen LogP contribution is -3.00. The molecule has 0 bridgehead atoms. The number of hydrogen-bond acceptors (Lipinski definition) is 2. The summed E-state index contributed by atoms with van der Waals surface area (Å²) in [5.74, 6) is 0.480. The Hall–Kier alpha value is -0.170. The standard InChI is InChI=1S/C11H15FNOS.HI/c1-7-9(8(12)5-15-7)10-13(4)11(2,3)6-14-10;/h5H,6H2,1-4H3;1H/q+1;/p-1. The van der Waals surface area contributed by atoms with Crippen LogP contribution in [-0.4, -0.2) is 29.7 Å². The van der Waals surface area contributed by atoms with E-state index in [2.05, 4.69) is 13.8 Å². The summed E-state index contributed by atoms with van der Waals surface area (Å²) in [6.45, 7) is 6.69. The third kappa shape index (κ3) is 2.11. The van der Waals surface area contributed by atoms with Gasteiger partial charge < -0.3 is 28.7 Å². The molecule has 0 N–H and O–H groups in total. The number of thiophene rings is 1. The number of ether oxygens (including phenoxy) is 1. The Morgan fingerprint density at radius 2 is 2.12 bits per heavy atom. The van der Waals surface area contributed by atoms with Crippen molar-refractivity contribution in [3.8, 4) is 0 Å². The fraction of sp³-hybridized carbons (Fsp3) is 0.545. The van der Waals surface area contributed by atoms with Gasteiger partial charge in [-0.25, -0.2) is 4.39 Å². The van der Waals surface area contributed by atoms with Gasteiger partial charge in [0.25, 0.3) is 0 Å². The topological polar surface area (TPSA) is 12.2 Å². The fourth-order valence-corrected chi connectivity index (χ4v) is 2.33. The van der Waals surface area contributed by atoms with Crippen LogP contribution in [0.15, 0.2) is 5.38 Å². The molecular weight excluding hydrogens is 340 g/mol. The first-order valence-corrected chi connectivity index (χ1v) is 5.79. The molecule has 0 unspecified atom stereocenters. The third-order valence-corrected chi connectivity index (χ3v) is 3.80. The summed E-state index contributed by atoms with van der Waals surface area (Å²) >= 11 is 1.42. The number of hydrogen-bond donors (Lipinski definition) is 0. The largest absolute Gasteiger partial charge is 1.00 e. The lowest BCUT2D eigenvalue weighted by molar-refractivity contribution is -0.562. The van der Waals surface area contributed by atoms with Gasteiger partial charge in [0.1, 0.15) is 12.6 Å². The van der Waals surface area contributed by atoms with Crippen molar-refractivity contribution in [2.45, 2.75) is 26.3 Å². The molecule has 0 saturated heterocycles. The number of nitrogens with zero attached hydrogens (tertiary/aromatic N) is 1. The van der Waals surface area contributed by atoms with Crippen molar-refractivity contribution in [2.75, 3.05) is 13.7 Å². The zero-order valence-electron chi connectivity index (χ0n) is 9.80. The van der Waals surface area contributed by atoms with Crippen LogP contribution in [0.3, 0.4) is 0 Å². The first-order chi connectivity index (χ1) is 6.93. The van der Waals surface area contributed by atoms with E-state index in [1.807, 2.05) is 18.5 Å². The van der Waals surface area contributed by atoms with E-state index in [-0.39, 0.29) is 35.3 Å². The van der Waals surface area contributed by atoms with Crippen molar-refractivity contribution >= 4 is 17.2 Å². The van der Waals surface area contributed by atoms with Gasteiger partial charge in [-0.15, -0.1) is 11.3 Å². The van der Waals surface area contributed by atoms with E-state index >= 15 is 0 Å². The smallest absolute Gasteiger partial charge is 0.374 e. The molecule has 2 heterocycles. The maximum absolute atomic E-state index is 13.6. The molecule has 5 heteroatoms. The highest BCUT2D eigenvalue weighted by Crippen LogP contribution is 2.26. The van der Waals surface area contributed by atoms with Gasteiger partial charge in [-0.05, 0) is 6.92 Å². The molecule has 1 aliphatic heterocycles. The Kier molecular flexibility index (Phi) is 3.99. The minimum atomic E-state index is -0.183. The highest BCUT2D eigenvalue weighted by molar-refractivity contribution is 7.10. The minimum Gasteiger partial charge on any atom is -1.00 e. The molecule has 0 spiro atoms. The van der Waals surface area contributed by atoms with E-state index in [1.54, 1.807) is 0 Å². The second kappa shape index (κ2) is 4.60. The van der Waals surface area contributed by atoms with Crippen molar-refractivity contribution in [1.82, 2.24) is 0 Å². The van der Waals surface area contributed by atoms with Crippen LogP contribution in [0.5, 0.6) is 0 Å². The van der Waals surface area contributed by atoms with Crippen molar-refractivity contribution in [2.24, 2.45) is 0 Å². The molecule has 0 radical (unpaired) electrons. The Bertz CT molecular complexity index is 420. The summed E-state index contributed by atoms with van der Waals surface area (Å²) in [7, 11) is 1.94. The van der Waals surface area contributed by atoms with Crippen LogP contribution in [0.1, 0.15) is 24.3 Å². The van der Waals surface area contributed by atoms with E-state index in [4.69, 9.17) is 4.74 Å². The summed E-state index contributed by atoms with van der Waals surface area (Å²) in [6, 6.07) is 0. The molecule has 0 aliphatic carbocycles. The molecule has 2 rings (SSSR count). The Morgan fingerprint density at radius 1 is 1.50 bits per heavy atom. The van der Waals surface area contributed by atoms with E-state index in [1.165, 1.54) is 16.7 Å². The van der Waals surface area contributed by atoms with Gasteiger partial charge in [0.05, 0.1) is 0 Å². The molecule has 16 heavy (non-hydrogen) atoms. The Balaban J connectivity index is 0.00000128. The van der Waals surface area contributed by atoms with Gasteiger partial charge in [0.2, 0.25) is 0 Å². The first kappa shape index (κ1) is 13.9.